The molecule has 1 amide bonds. The van der Waals surface area contributed by atoms with Gasteiger partial charge in [0.05, 0.1) is 17.6 Å². The quantitative estimate of drug-likeness (QED) is 0.769. The smallest absolute Gasteiger partial charge is 0.413 e. The minimum absolute atomic E-state index is 0.429. The number of benzene rings is 1. The molecule has 3 aromatic rings. The van der Waals surface area contributed by atoms with Gasteiger partial charge in [0, 0.05) is 0 Å². The summed E-state index contributed by atoms with van der Waals surface area (Å²) in [5, 5.41) is 14.9. The van der Waals surface area contributed by atoms with Crippen molar-refractivity contribution in [1.82, 2.24) is 25.2 Å². The normalized spacial score (nSPS) is 11.3. The van der Waals surface area contributed by atoms with E-state index in [1.54, 1.807) is 31.6 Å². The molecule has 0 unspecified atom stereocenters. The van der Waals surface area contributed by atoms with E-state index in [1.807, 2.05) is 30.3 Å². The first-order valence-corrected chi connectivity index (χ1v) is 8.49. The number of rotatable bonds is 4. The van der Waals surface area contributed by atoms with Crippen LogP contribution >= 0.6 is 11.3 Å². The summed E-state index contributed by atoms with van der Waals surface area (Å²) in [6, 6.07) is 9.91. The molecule has 0 saturated carbocycles. The summed E-state index contributed by atoms with van der Waals surface area (Å²) < 4.78 is 6.91. The van der Waals surface area contributed by atoms with E-state index in [0.29, 0.717) is 17.5 Å². The fourth-order valence-electron chi connectivity index (χ4n) is 2.07. The first-order valence-electron chi connectivity index (χ1n) is 7.67. The largest absolute Gasteiger partial charge is 0.444 e. The van der Waals surface area contributed by atoms with Gasteiger partial charge in [-0.05, 0) is 36.8 Å². The highest BCUT2D eigenvalue weighted by Crippen LogP contribution is 2.27. The van der Waals surface area contributed by atoms with E-state index >= 15 is 0 Å². The van der Waals surface area contributed by atoms with Crippen molar-refractivity contribution in [3.63, 3.8) is 0 Å². The molecule has 0 atom stereocenters. The maximum atomic E-state index is 11.8. The Balaban J connectivity index is 1.73. The van der Waals surface area contributed by atoms with E-state index in [1.165, 1.54) is 11.3 Å². The lowest BCUT2D eigenvalue weighted by molar-refractivity contribution is 0.0636. The highest BCUT2D eigenvalue weighted by molar-refractivity contribution is 7.19. The van der Waals surface area contributed by atoms with Crippen LogP contribution in [-0.2, 0) is 11.3 Å². The molecule has 9 heteroatoms. The standard InChI is InChI=1S/C16H18N6O2S/c1-16(2,3)24-15(23)18-14-17-9-12(25-14)13-19-20-21-22(13)10-11-7-5-4-6-8-11/h4-9H,10H2,1-3H3,(H,17,18,23). The lowest BCUT2D eigenvalue weighted by Gasteiger charge is -2.18. The van der Waals surface area contributed by atoms with Crippen LogP contribution in [0.5, 0.6) is 0 Å². The zero-order valence-corrected chi connectivity index (χ0v) is 14.9. The van der Waals surface area contributed by atoms with Gasteiger partial charge in [-0.3, -0.25) is 5.32 Å². The molecule has 0 bridgehead atoms. The molecule has 2 heterocycles. The number of ether oxygens (including phenoxy) is 1. The lowest BCUT2D eigenvalue weighted by atomic mass is 10.2. The van der Waals surface area contributed by atoms with Crippen molar-refractivity contribution < 1.29 is 9.53 Å². The van der Waals surface area contributed by atoms with Gasteiger partial charge >= 0.3 is 6.09 Å². The van der Waals surface area contributed by atoms with Crippen molar-refractivity contribution in [3.05, 3.63) is 42.1 Å². The molecule has 0 spiro atoms. The minimum atomic E-state index is -0.566. The molecule has 1 aromatic carbocycles. The SMILES string of the molecule is CC(C)(C)OC(=O)Nc1ncc(-c2nnnn2Cc2ccccc2)s1. The lowest BCUT2D eigenvalue weighted by Crippen LogP contribution is -2.27. The molecule has 25 heavy (non-hydrogen) atoms. The van der Waals surface area contributed by atoms with E-state index < -0.39 is 11.7 Å². The molecular formula is C16H18N6O2S. The highest BCUT2D eigenvalue weighted by atomic mass is 32.1. The summed E-state index contributed by atoms with van der Waals surface area (Å²) in [6.07, 6.45) is 1.09. The minimum Gasteiger partial charge on any atom is -0.444 e. The average Bonchev–Trinajstić information content (AvgIpc) is 3.15. The van der Waals surface area contributed by atoms with Crippen LogP contribution in [0.1, 0.15) is 26.3 Å². The van der Waals surface area contributed by atoms with E-state index in [4.69, 9.17) is 4.74 Å². The number of anilines is 1. The second-order valence-electron chi connectivity index (χ2n) is 6.30. The van der Waals surface area contributed by atoms with Crippen LogP contribution in [0.15, 0.2) is 36.5 Å². The second kappa shape index (κ2) is 6.98. The summed E-state index contributed by atoms with van der Waals surface area (Å²) in [4.78, 5) is 16.8. The number of nitrogens with zero attached hydrogens (tertiary/aromatic N) is 5. The molecule has 3 rings (SSSR count). The van der Waals surface area contributed by atoms with E-state index in [2.05, 4.69) is 25.8 Å². The molecule has 0 aliphatic heterocycles. The van der Waals surface area contributed by atoms with Crippen LogP contribution in [-0.4, -0.2) is 36.9 Å². The molecule has 2 aromatic heterocycles. The van der Waals surface area contributed by atoms with E-state index in [9.17, 15) is 4.79 Å². The Morgan fingerprint density at radius 3 is 2.76 bits per heavy atom. The zero-order chi connectivity index (χ0) is 17.9. The summed E-state index contributed by atoms with van der Waals surface area (Å²) in [5.41, 5.74) is 0.525. The fraction of sp³-hybridized carbons (Fsp3) is 0.312. The Kier molecular flexibility index (Phi) is 4.75. The van der Waals surface area contributed by atoms with Gasteiger partial charge in [-0.15, -0.1) is 5.10 Å². The number of amides is 1. The van der Waals surface area contributed by atoms with Gasteiger partial charge in [-0.2, -0.15) is 0 Å². The first kappa shape index (κ1) is 17.0. The van der Waals surface area contributed by atoms with Crippen LogP contribution in [0, 0.1) is 0 Å². The summed E-state index contributed by atoms with van der Waals surface area (Å²) >= 11 is 1.28. The van der Waals surface area contributed by atoms with Gasteiger partial charge in [0.1, 0.15) is 5.60 Å². The average molecular weight is 358 g/mol. The van der Waals surface area contributed by atoms with Gasteiger partial charge in [0.15, 0.2) is 11.0 Å². The molecule has 0 radical (unpaired) electrons. The Morgan fingerprint density at radius 1 is 1.28 bits per heavy atom. The molecular weight excluding hydrogens is 340 g/mol. The molecule has 1 N–H and O–H groups in total. The van der Waals surface area contributed by atoms with Crippen molar-refractivity contribution in [1.29, 1.82) is 0 Å². The van der Waals surface area contributed by atoms with Gasteiger partial charge < -0.3 is 4.74 Å². The van der Waals surface area contributed by atoms with Crippen LogP contribution < -0.4 is 5.32 Å². The van der Waals surface area contributed by atoms with Crippen molar-refractivity contribution in [2.24, 2.45) is 0 Å². The van der Waals surface area contributed by atoms with E-state index in [0.717, 1.165) is 10.4 Å². The van der Waals surface area contributed by atoms with Crippen LogP contribution in [0.25, 0.3) is 10.7 Å². The third-order valence-electron chi connectivity index (χ3n) is 3.04. The summed E-state index contributed by atoms with van der Waals surface area (Å²) in [7, 11) is 0. The Hall–Kier alpha value is -2.81. The fourth-order valence-corrected chi connectivity index (χ4v) is 2.86. The van der Waals surface area contributed by atoms with Crippen molar-refractivity contribution in [2.75, 3.05) is 5.32 Å². The van der Waals surface area contributed by atoms with Crippen LogP contribution in [0.2, 0.25) is 0 Å². The molecule has 0 aliphatic carbocycles. The van der Waals surface area contributed by atoms with Crippen molar-refractivity contribution in [2.45, 2.75) is 32.9 Å². The van der Waals surface area contributed by atoms with E-state index in [-0.39, 0.29) is 0 Å². The van der Waals surface area contributed by atoms with Crippen LogP contribution in [0.4, 0.5) is 9.93 Å². The molecule has 0 fully saturated rings. The molecule has 0 saturated heterocycles. The molecule has 0 aliphatic rings. The summed E-state index contributed by atoms with van der Waals surface area (Å²) in [5.74, 6) is 0.596. The Bertz CT molecular complexity index is 853. The number of carbonyl (C=O) groups excluding carboxylic acids is 1. The number of aromatic nitrogens is 5. The Morgan fingerprint density at radius 2 is 2.04 bits per heavy atom. The van der Waals surface area contributed by atoms with Gasteiger partial charge in [-0.1, -0.05) is 41.7 Å². The van der Waals surface area contributed by atoms with Gasteiger partial charge in [0.25, 0.3) is 0 Å². The van der Waals surface area contributed by atoms with Gasteiger partial charge in [-0.25, -0.2) is 14.5 Å². The highest BCUT2D eigenvalue weighted by Gasteiger charge is 2.18. The topological polar surface area (TPSA) is 94.8 Å². The zero-order valence-electron chi connectivity index (χ0n) is 14.1. The second-order valence-corrected chi connectivity index (χ2v) is 7.33. The number of nitrogens with one attached hydrogen (secondary N) is 1. The number of carbonyl (C=O) groups is 1. The predicted molar refractivity (Wildman–Crippen MR) is 94.3 cm³/mol. The van der Waals surface area contributed by atoms with Crippen molar-refractivity contribution in [3.8, 4) is 10.7 Å². The maximum absolute atomic E-state index is 11.8. The van der Waals surface area contributed by atoms with Crippen molar-refractivity contribution >= 4 is 22.6 Å². The summed E-state index contributed by atoms with van der Waals surface area (Å²) in [6.45, 7) is 5.96. The number of hydrogen-bond donors (Lipinski definition) is 1. The van der Waals surface area contributed by atoms with Gasteiger partial charge in [0.2, 0.25) is 0 Å². The number of hydrogen-bond acceptors (Lipinski definition) is 7. The third-order valence-corrected chi connectivity index (χ3v) is 3.95. The predicted octanol–water partition coefficient (Wildman–Crippen LogP) is 3.19. The first-order chi connectivity index (χ1) is 11.9. The third kappa shape index (κ3) is 4.60. The molecule has 130 valence electrons. The Labute approximate surface area is 148 Å². The molecule has 8 nitrogen and oxygen atoms in total. The number of thiazole rings is 1. The maximum Gasteiger partial charge on any atom is 0.413 e. The monoisotopic (exact) mass is 358 g/mol. The number of tetrazole rings is 1. The van der Waals surface area contributed by atoms with Crippen LogP contribution in [0.3, 0.4) is 0 Å².